The summed E-state index contributed by atoms with van der Waals surface area (Å²) in [6.45, 7) is 2.00. The lowest BCUT2D eigenvalue weighted by Gasteiger charge is -2.22. The van der Waals surface area contributed by atoms with Crippen LogP contribution in [-0.2, 0) is 4.79 Å². The van der Waals surface area contributed by atoms with Crippen LogP contribution in [0.2, 0.25) is 0 Å². The first-order valence-corrected chi connectivity index (χ1v) is 6.60. The van der Waals surface area contributed by atoms with Gasteiger partial charge in [-0.15, -0.1) is 12.4 Å². The average molecular weight is 251 g/mol. The molecule has 2 fully saturated rings. The van der Waals surface area contributed by atoms with Crippen molar-refractivity contribution in [2.75, 3.05) is 24.6 Å². The van der Waals surface area contributed by atoms with Crippen LogP contribution in [0.25, 0.3) is 0 Å². The second-order valence-corrected chi connectivity index (χ2v) is 5.31. The molecule has 0 radical (unpaired) electrons. The van der Waals surface area contributed by atoms with Crippen LogP contribution in [0, 0.1) is 5.92 Å². The Morgan fingerprint density at radius 1 is 1.27 bits per heavy atom. The van der Waals surface area contributed by atoms with Crippen molar-refractivity contribution < 1.29 is 4.79 Å². The normalized spacial score (nSPS) is 27.1. The van der Waals surface area contributed by atoms with Crippen LogP contribution in [0.4, 0.5) is 0 Å². The maximum atomic E-state index is 11.8. The van der Waals surface area contributed by atoms with Crippen LogP contribution in [0.5, 0.6) is 0 Å². The van der Waals surface area contributed by atoms with Crippen LogP contribution in [0.1, 0.15) is 19.3 Å². The molecule has 1 amide bonds. The van der Waals surface area contributed by atoms with Crippen molar-refractivity contribution >= 4 is 30.1 Å². The van der Waals surface area contributed by atoms with Gasteiger partial charge in [0.1, 0.15) is 0 Å². The van der Waals surface area contributed by atoms with Crippen molar-refractivity contribution in [1.82, 2.24) is 10.6 Å². The number of nitrogens with one attached hydrogen (secondary N) is 2. The summed E-state index contributed by atoms with van der Waals surface area (Å²) in [6, 6.07) is 0.386. The molecule has 5 heteroatoms. The number of amides is 1. The molecule has 2 heterocycles. The first-order valence-electron chi connectivity index (χ1n) is 5.45. The van der Waals surface area contributed by atoms with Crippen LogP contribution in [-0.4, -0.2) is 36.5 Å². The van der Waals surface area contributed by atoms with Crippen molar-refractivity contribution in [1.29, 1.82) is 0 Å². The Bertz CT molecular complexity index is 204. The Morgan fingerprint density at radius 3 is 2.60 bits per heavy atom. The fourth-order valence-corrected chi connectivity index (χ4v) is 3.16. The number of hydrogen-bond acceptors (Lipinski definition) is 3. The smallest absolute Gasteiger partial charge is 0.223 e. The van der Waals surface area contributed by atoms with Gasteiger partial charge < -0.3 is 10.6 Å². The molecule has 1 unspecified atom stereocenters. The van der Waals surface area contributed by atoms with Crippen molar-refractivity contribution in [3.63, 3.8) is 0 Å². The molecule has 0 aromatic heterocycles. The summed E-state index contributed by atoms with van der Waals surface area (Å²) in [5.74, 6) is 2.89. The first kappa shape index (κ1) is 13.1. The van der Waals surface area contributed by atoms with Gasteiger partial charge in [-0.05, 0) is 37.3 Å². The highest BCUT2D eigenvalue weighted by atomic mass is 35.5. The zero-order chi connectivity index (χ0) is 9.80. The topological polar surface area (TPSA) is 41.1 Å². The van der Waals surface area contributed by atoms with E-state index < -0.39 is 0 Å². The standard InChI is InChI=1S/C10H18N2OS.ClH/c13-10(8-2-5-14-6-3-8)12-9-1-4-11-7-9;/h8-9,11H,1-7H2,(H,12,13);1H. The summed E-state index contributed by atoms with van der Waals surface area (Å²) in [7, 11) is 0. The van der Waals surface area contributed by atoms with E-state index in [2.05, 4.69) is 10.6 Å². The second kappa shape index (κ2) is 6.61. The maximum Gasteiger partial charge on any atom is 0.223 e. The molecule has 0 spiro atoms. The molecule has 2 N–H and O–H groups in total. The Balaban J connectivity index is 0.00000112. The molecule has 0 aliphatic carbocycles. The molecule has 1 atom stereocenters. The van der Waals surface area contributed by atoms with Gasteiger partial charge in [-0.25, -0.2) is 0 Å². The molecule has 2 aliphatic rings. The van der Waals surface area contributed by atoms with E-state index in [1.165, 1.54) is 0 Å². The average Bonchev–Trinajstić information content (AvgIpc) is 2.72. The lowest BCUT2D eigenvalue weighted by atomic mass is 10.0. The molecular formula is C10H19ClN2OS. The summed E-state index contributed by atoms with van der Waals surface area (Å²) in [6.07, 6.45) is 3.22. The molecule has 0 saturated carbocycles. The summed E-state index contributed by atoms with van der Waals surface area (Å²) in [5.41, 5.74) is 0. The highest BCUT2D eigenvalue weighted by Gasteiger charge is 2.24. The van der Waals surface area contributed by atoms with Crippen molar-refractivity contribution in [2.24, 2.45) is 5.92 Å². The Labute approximate surface area is 102 Å². The third-order valence-corrected chi connectivity index (χ3v) is 4.05. The Morgan fingerprint density at radius 2 is 2.00 bits per heavy atom. The quantitative estimate of drug-likeness (QED) is 0.769. The van der Waals surface area contributed by atoms with Gasteiger partial charge in [-0.2, -0.15) is 11.8 Å². The minimum Gasteiger partial charge on any atom is -0.352 e. The highest BCUT2D eigenvalue weighted by molar-refractivity contribution is 7.99. The van der Waals surface area contributed by atoms with Gasteiger partial charge in [-0.3, -0.25) is 4.79 Å². The van der Waals surface area contributed by atoms with Gasteiger partial charge in [0, 0.05) is 18.5 Å². The van der Waals surface area contributed by atoms with Crippen LogP contribution in [0.15, 0.2) is 0 Å². The lowest BCUT2D eigenvalue weighted by molar-refractivity contribution is -0.125. The predicted octanol–water partition coefficient (Wildman–Crippen LogP) is 1.03. The van der Waals surface area contributed by atoms with Gasteiger partial charge >= 0.3 is 0 Å². The molecule has 15 heavy (non-hydrogen) atoms. The largest absolute Gasteiger partial charge is 0.352 e. The number of hydrogen-bond donors (Lipinski definition) is 2. The Kier molecular flexibility index (Phi) is 5.79. The molecule has 0 aromatic carbocycles. The molecule has 2 rings (SSSR count). The van der Waals surface area contributed by atoms with Gasteiger partial charge in [0.2, 0.25) is 5.91 Å². The predicted molar refractivity (Wildman–Crippen MR) is 66.7 cm³/mol. The van der Waals surface area contributed by atoms with E-state index in [9.17, 15) is 4.79 Å². The van der Waals surface area contributed by atoms with E-state index in [1.807, 2.05) is 11.8 Å². The lowest BCUT2D eigenvalue weighted by Crippen LogP contribution is -2.41. The van der Waals surface area contributed by atoms with Gasteiger partial charge in [0.15, 0.2) is 0 Å². The summed E-state index contributed by atoms with van der Waals surface area (Å²) in [5, 5.41) is 6.40. The van der Waals surface area contributed by atoms with Crippen LogP contribution >= 0.6 is 24.2 Å². The van der Waals surface area contributed by atoms with Crippen LogP contribution in [0.3, 0.4) is 0 Å². The summed E-state index contributed by atoms with van der Waals surface area (Å²) >= 11 is 1.97. The summed E-state index contributed by atoms with van der Waals surface area (Å²) < 4.78 is 0. The fourth-order valence-electron chi connectivity index (χ4n) is 2.06. The number of rotatable bonds is 2. The van der Waals surface area contributed by atoms with Crippen molar-refractivity contribution in [2.45, 2.75) is 25.3 Å². The molecular weight excluding hydrogens is 232 g/mol. The molecule has 88 valence electrons. The SMILES string of the molecule is Cl.O=C(NC1CCNC1)C1CCSCC1. The van der Waals surface area contributed by atoms with Gasteiger partial charge in [-0.1, -0.05) is 0 Å². The highest BCUT2D eigenvalue weighted by Crippen LogP contribution is 2.22. The number of carbonyl (C=O) groups is 1. The number of halogens is 1. The minimum absolute atomic E-state index is 0. The van der Waals surface area contributed by atoms with Crippen molar-refractivity contribution in [3.8, 4) is 0 Å². The zero-order valence-corrected chi connectivity index (χ0v) is 10.5. The van der Waals surface area contributed by atoms with E-state index in [0.717, 1.165) is 43.9 Å². The second-order valence-electron chi connectivity index (χ2n) is 4.08. The molecule has 3 nitrogen and oxygen atoms in total. The number of thioether (sulfide) groups is 1. The minimum atomic E-state index is 0. The van der Waals surface area contributed by atoms with E-state index in [4.69, 9.17) is 0 Å². The summed E-state index contributed by atoms with van der Waals surface area (Å²) in [4.78, 5) is 11.8. The Hall–Kier alpha value is 0.0700. The molecule has 0 bridgehead atoms. The van der Waals surface area contributed by atoms with E-state index >= 15 is 0 Å². The van der Waals surface area contributed by atoms with E-state index in [1.54, 1.807) is 0 Å². The van der Waals surface area contributed by atoms with Crippen LogP contribution < -0.4 is 10.6 Å². The van der Waals surface area contributed by atoms with Crippen molar-refractivity contribution in [3.05, 3.63) is 0 Å². The monoisotopic (exact) mass is 250 g/mol. The van der Waals surface area contributed by atoms with Gasteiger partial charge in [0.25, 0.3) is 0 Å². The van der Waals surface area contributed by atoms with E-state index in [0.29, 0.717) is 11.9 Å². The molecule has 2 aliphatic heterocycles. The fraction of sp³-hybridized carbons (Fsp3) is 0.900. The molecule has 2 saturated heterocycles. The number of carbonyl (C=O) groups excluding carboxylic acids is 1. The maximum absolute atomic E-state index is 11.8. The van der Waals surface area contributed by atoms with E-state index in [-0.39, 0.29) is 18.3 Å². The first-order chi connectivity index (χ1) is 6.86. The van der Waals surface area contributed by atoms with Gasteiger partial charge in [0.05, 0.1) is 0 Å². The molecule has 0 aromatic rings. The third kappa shape index (κ3) is 3.85. The third-order valence-electron chi connectivity index (χ3n) is 3.00. The zero-order valence-electron chi connectivity index (χ0n) is 8.83.